The third-order valence-electron chi connectivity index (χ3n) is 2.32. The van der Waals surface area contributed by atoms with Gasteiger partial charge in [0.15, 0.2) is 0 Å². The van der Waals surface area contributed by atoms with Crippen LogP contribution >= 0.6 is 0 Å². The van der Waals surface area contributed by atoms with Crippen LogP contribution in [0.1, 0.15) is 5.69 Å². The number of rotatable bonds is 3. The topological polar surface area (TPSA) is 42.4 Å². The normalized spacial score (nSPS) is 10.1. The van der Waals surface area contributed by atoms with Gasteiger partial charge in [-0.1, -0.05) is 30.3 Å². The quantitative estimate of drug-likeness (QED) is 0.853. The molecule has 2 rings (SSSR count). The second-order valence-corrected chi connectivity index (χ2v) is 3.41. The average Bonchev–Trinajstić information content (AvgIpc) is 2.39. The Hall–Kier alpha value is -1.87. The zero-order chi connectivity index (χ0) is 11.4. The molecular weight excluding hydrogens is 202 g/mol. The number of aromatic nitrogens is 1. The fraction of sp³-hybridized carbons (Fsp3) is 0.154. The van der Waals surface area contributed by atoms with Gasteiger partial charge in [-0.15, -0.1) is 0 Å². The van der Waals surface area contributed by atoms with E-state index in [-0.39, 0.29) is 6.61 Å². The molecule has 0 aliphatic carbocycles. The van der Waals surface area contributed by atoms with Crippen LogP contribution in [0.15, 0.2) is 42.5 Å². The molecule has 1 aromatic carbocycles. The van der Waals surface area contributed by atoms with E-state index in [0.717, 1.165) is 11.3 Å². The molecule has 3 nitrogen and oxygen atoms in total. The van der Waals surface area contributed by atoms with Crippen molar-refractivity contribution in [1.29, 1.82) is 0 Å². The molecule has 16 heavy (non-hydrogen) atoms. The highest BCUT2D eigenvalue weighted by molar-refractivity contribution is 5.60. The number of aliphatic hydroxyl groups is 1. The van der Waals surface area contributed by atoms with E-state index in [0.29, 0.717) is 11.4 Å². The lowest BCUT2D eigenvalue weighted by Gasteiger charge is -2.06. The van der Waals surface area contributed by atoms with Crippen molar-refractivity contribution in [3.63, 3.8) is 0 Å². The summed E-state index contributed by atoms with van der Waals surface area (Å²) in [4.78, 5) is 4.34. The minimum atomic E-state index is -0.0863. The Morgan fingerprint density at radius 1 is 1.19 bits per heavy atom. The van der Waals surface area contributed by atoms with Gasteiger partial charge in [0.2, 0.25) is 0 Å². The van der Waals surface area contributed by atoms with E-state index in [1.165, 1.54) is 0 Å². The summed E-state index contributed by atoms with van der Waals surface area (Å²) in [6.07, 6.45) is 0. The zero-order valence-electron chi connectivity index (χ0n) is 9.05. The van der Waals surface area contributed by atoms with Gasteiger partial charge in [-0.3, -0.25) is 4.98 Å². The predicted octanol–water partition coefficient (Wildman–Crippen LogP) is 2.25. The Morgan fingerprint density at radius 3 is 2.56 bits per heavy atom. The highest BCUT2D eigenvalue weighted by Crippen LogP contribution is 2.22. The van der Waals surface area contributed by atoms with Crippen LogP contribution in [0.5, 0.6) is 5.75 Å². The van der Waals surface area contributed by atoms with Gasteiger partial charge in [-0.25, -0.2) is 0 Å². The molecule has 0 aliphatic rings. The Bertz CT molecular complexity index is 446. The van der Waals surface area contributed by atoms with Crippen LogP contribution < -0.4 is 4.74 Å². The molecule has 82 valence electrons. The van der Waals surface area contributed by atoms with Gasteiger partial charge < -0.3 is 9.84 Å². The maximum absolute atomic E-state index is 9.11. The van der Waals surface area contributed by atoms with Crippen molar-refractivity contribution in [1.82, 2.24) is 4.98 Å². The molecule has 0 spiro atoms. The van der Waals surface area contributed by atoms with Crippen molar-refractivity contribution in [2.24, 2.45) is 0 Å². The minimum Gasteiger partial charge on any atom is -0.497 e. The molecule has 0 radical (unpaired) electrons. The van der Waals surface area contributed by atoms with E-state index in [1.54, 1.807) is 13.2 Å². The van der Waals surface area contributed by atoms with Gasteiger partial charge in [0, 0.05) is 17.7 Å². The van der Waals surface area contributed by atoms with Crippen LogP contribution in [-0.2, 0) is 6.61 Å². The first-order valence-electron chi connectivity index (χ1n) is 5.04. The molecule has 2 aromatic rings. The van der Waals surface area contributed by atoms with Crippen LogP contribution in [0.3, 0.4) is 0 Å². The number of benzene rings is 1. The summed E-state index contributed by atoms with van der Waals surface area (Å²) in [5.74, 6) is 0.706. The molecule has 0 saturated carbocycles. The molecule has 1 N–H and O–H groups in total. The van der Waals surface area contributed by atoms with Crippen molar-refractivity contribution in [2.75, 3.05) is 7.11 Å². The highest BCUT2D eigenvalue weighted by Gasteiger charge is 2.04. The maximum Gasteiger partial charge on any atom is 0.122 e. The molecule has 0 unspecified atom stereocenters. The van der Waals surface area contributed by atoms with Crippen molar-refractivity contribution in [2.45, 2.75) is 6.61 Å². The first-order chi connectivity index (χ1) is 7.83. The van der Waals surface area contributed by atoms with Gasteiger partial charge in [0.25, 0.3) is 0 Å². The number of aliphatic hydroxyl groups excluding tert-OH is 1. The Labute approximate surface area is 94.3 Å². The third kappa shape index (κ3) is 2.20. The fourth-order valence-corrected chi connectivity index (χ4v) is 1.52. The molecule has 0 fully saturated rings. The molecular formula is C13H13NO2. The van der Waals surface area contributed by atoms with E-state index in [1.807, 2.05) is 36.4 Å². The molecule has 0 aliphatic heterocycles. The van der Waals surface area contributed by atoms with Crippen molar-refractivity contribution < 1.29 is 9.84 Å². The van der Waals surface area contributed by atoms with Crippen LogP contribution in [0, 0.1) is 0 Å². The standard InChI is InChI=1S/C13H13NO2/c1-16-12-7-11(9-15)14-13(8-12)10-5-3-2-4-6-10/h2-8,15H,9H2,1H3. The van der Waals surface area contributed by atoms with Crippen molar-refractivity contribution in [3.8, 4) is 17.0 Å². The second-order valence-electron chi connectivity index (χ2n) is 3.41. The van der Waals surface area contributed by atoms with Crippen LogP contribution in [-0.4, -0.2) is 17.2 Å². The summed E-state index contributed by atoms with van der Waals surface area (Å²) in [6, 6.07) is 13.4. The molecule has 1 heterocycles. The summed E-state index contributed by atoms with van der Waals surface area (Å²) in [7, 11) is 1.60. The number of methoxy groups -OCH3 is 1. The number of hydrogen-bond acceptors (Lipinski definition) is 3. The van der Waals surface area contributed by atoms with Crippen LogP contribution in [0.2, 0.25) is 0 Å². The Kier molecular flexibility index (Phi) is 3.17. The molecule has 0 saturated heterocycles. The van der Waals surface area contributed by atoms with Gasteiger partial charge >= 0.3 is 0 Å². The lowest BCUT2D eigenvalue weighted by molar-refractivity contribution is 0.276. The van der Waals surface area contributed by atoms with E-state index >= 15 is 0 Å². The van der Waals surface area contributed by atoms with E-state index < -0.39 is 0 Å². The monoisotopic (exact) mass is 215 g/mol. The second kappa shape index (κ2) is 4.77. The summed E-state index contributed by atoms with van der Waals surface area (Å²) in [5.41, 5.74) is 2.43. The first kappa shape index (κ1) is 10.6. The van der Waals surface area contributed by atoms with Gasteiger partial charge in [0.05, 0.1) is 25.1 Å². The molecule has 0 amide bonds. The van der Waals surface area contributed by atoms with Crippen molar-refractivity contribution in [3.05, 3.63) is 48.2 Å². The van der Waals surface area contributed by atoms with E-state index in [4.69, 9.17) is 9.84 Å². The number of ether oxygens (including phenoxy) is 1. The number of nitrogens with zero attached hydrogens (tertiary/aromatic N) is 1. The van der Waals surface area contributed by atoms with Crippen molar-refractivity contribution >= 4 is 0 Å². The minimum absolute atomic E-state index is 0.0863. The third-order valence-corrected chi connectivity index (χ3v) is 2.32. The van der Waals surface area contributed by atoms with Gasteiger partial charge in [-0.05, 0) is 0 Å². The fourth-order valence-electron chi connectivity index (χ4n) is 1.52. The lowest BCUT2D eigenvalue weighted by atomic mass is 10.1. The molecule has 0 atom stereocenters. The van der Waals surface area contributed by atoms with Gasteiger partial charge in [-0.2, -0.15) is 0 Å². The molecule has 1 aromatic heterocycles. The lowest BCUT2D eigenvalue weighted by Crippen LogP contribution is -1.94. The Morgan fingerprint density at radius 2 is 1.94 bits per heavy atom. The maximum atomic E-state index is 9.11. The summed E-state index contributed by atoms with van der Waals surface area (Å²) >= 11 is 0. The molecule has 3 heteroatoms. The number of pyridine rings is 1. The Balaban J connectivity index is 2.48. The highest BCUT2D eigenvalue weighted by atomic mass is 16.5. The van der Waals surface area contributed by atoms with Crippen LogP contribution in [0.4, 0.5) is 0 Å². The largest absolute Gasteiger partial charge is 0.497 e. The predicted molar refractivity (Wildman–Crippen MR) is 62.1 cm³/mol. The van der Waals surface area contributed by atoms with E-state index in [9.17, 15) is 0 Å². The first-order valence-corrected chi connectivity index (χ1v) is 5.04. The summed E-state index contributed by atoms with van der Waals surface area (Å²) in [6.45, 7) is -0.0863. The number of hydrogen-bond donors (Lipinski definition) is 1. The molecule has 0 bridgehead atoms. The zero-order valence-corrected chi connectivity index (χ0v) is 9.05. The van der Waals surface area contributed by atoms with Crippen LogP contribution in [0.25, 0.3) is 11.3 Å². The van der Waals surface area contributed by atoms with Gasteiger partial charge in [0.1, 0.15) is 5.75 Å². The average molecular weight is 215 g/mol. The summed E-state index contributed by atoms with van der Waals surface area (Å²) in [5, 5.41) is 9.11. The summed E-state index contributed by atoms with van der Waals surface area (Å²) < 4.78 is 5.17. The SMILES string of the molecule is COc1cc(CO)nc(-c2ccccc2)c1. The smallest absolute Gasteiger partial charge is 0.122 e. The van der Waals surface area contributed by atoms with E-state index in [2.05, 4.69) is 4.98 Å².